The van der Waals surface area contributed by atoms with E-state index in [2.05, 4.69) is 10.6 Å². The summed E-state index contributed by atoms with van der Waals surface area (Å²) in [4.78, 5) is 22.4. The normalized spacial score (nSPS) is 10.0. The standard InChI is InChI=1S/C16H14ClN3O4S/c1-2-24-12-6-3-10(4-7-12)15(21)19-16(25)18-14-9-11(20(22)23)5-8-13(14)17/h3-9H,2H2,1H3,(H2,18,19,21,25). The zero-order valence-electron chi connectivity index (χ0n) is 13.1. The number of nitrogens with one attached hydrogen (secondary N) is 2. The Morgan fingerprint density at radius 2 is 1.96 bits per heavy atom. The van der Waals surface area contributed by atoms with Crippen LogP contribution in [0.2, 0.25) is 5.02 Å². The summed E-state index contributed by atoms with van der Waals surface area (Å²) in [5.74, 6) is 0.227. The van der Waals surface area contributed by atoms with E-state index in [9.17, 15) is 14.9 Å². The highest BCUT2D eigenvalue weighted by molar-refractivity contribution is 7.80. The van der Waals surface area contributed by atoms with E-state index < -0.39 is 10.8 Å². The first-order chi connectivity index (χ1) is 11.9. The van der Waals surface area contributed by atoms with Crippen molar-refractivity contribution in [2.75, 3.05) is 11.9 Å². The number of hydrogen-bond donors (Lipinski definition) is 2. The molecule has 0 unspecified atom stereocenters. The Kier molecular flexibility index (Phi) is 6.26. The minimum absolute atomic E-state index is 0.0266. The van der Waals surface area contributed by atoms with Crippen LogP contribution in [-0.4, -0.2) is 22.5 Å². The summed E-state index contributed by atoms with van der Waals surface area (Å²) in [6.45, 7) is 2.40. The van der Waals surface area contributed by atoms with Crippen LogP contribution in [0.1, 0.15) is 17.3 Å². The molecule has 7 nitrogen and oxygen atoms in total. The molecule has 0 bridgehead atoms. The second kappa shape index (κ2) is 8.41. The van der Waals surface area contributed by atoms with Gasteiger partial charge in [0.25, 0.3) is 11.6 Å². The van der Waals surface area contributed by atoms with E-state index in [1.54, 1.807) is 24.3 Å². The maximum atomic E-state index is 12.2. The molecule has 0 heterocycles. The van der Waals surface area contributed by atoms with Crippen LogP contribution in [0, 0.1) is 10.1 Å². The number of thiocarbonyl (C=S) groups is 1. The molecule has 0 aliphatic rings. The Balaban J connectivity index is 2.03. The van der Waals surface area contributed by atoms with Crippen molar-refractivity contribution >= 4 is 46.2 Å². The molecule has 9 heteroatoms. The average molecular weight is 380 g/mol. The smallest absolute Gasteiger partial charge is 0.271 e. The summed E-state index contributed by atoms with van der Waals surface area (Å²) in [7, 11) is 0. The molecule has 130 valence electrons. The van der Waals surface area contributed by atoms with E-state index in [4.69, 9.17) is 28.6 Å². The summed E-state index contributed by atoms with van der Waals surface area (Å²) in [6, 6.07) is 10.4. The largest absolute Gasteiger partial charge is 0.494 e. The summed E-state index contributed by atoms with van der Waals surface area (Å²) < 4.78 is 5.30. The van der Waals surface area contributed by atoms with E-state index >= 15 is 0 Å². The number of halogens is 1. The van der Waals surface area contributed by atoms with E-state index in [0.29, 0.717) is 17.9 Å². The summed E-state index contributed by atoms with van der Waals surface area (Å²) in [5, 5.41) is 16.2. The Morgan fingerprint density at radius 3 is 2.56 bits per heavy atom. The van der Waals surface area contributed by atoms with Crippen LogP contribution >= 0.6 is 23.8 Å². The second-order valence-corrected chi connectivity index (χ2v) is 5.60. The second-order valence-electron chi connectivity index (χ2n) is 4.79. The zero-order valence-corrected chi connectivity index (χ0v) is 14.7. The summed E-state index contributed by atoms with van der Waals surface area (Å²) >= 11 is 11.0. The number of ether oxygens (including phenoxy) is 1. The Morgan fingerprint density at radius 1 is 1.28 bits per heavy atom. The van der Waals surface area contributed by atoms with Gasteiger partial charge >= 0.3 is 0 Å². The molecule has 0 aliphatic carbocycles. The fraction of sp³-hybridized carbons (Fsp3) is 0.125. The Labute approximate surface area is 154 Å². The number of rotatable bonds is 5. The number of nitro groups is 1. The average Bonchev–Trinajstić information content (AvgIpc) is 2.57. The van der Waals surface area contributed by atoms with Gasteiger partial charge in [-0.25, -0.2) is 0 Å². The topological polar surface area (TPSA) is 93.5 Å². The van der Waals surface area contributed by atoms with Crippen molar-refractivity contribution in [2.45, 2.75) is 6.92 Å². The molecule has 0 fully saturated rings. The van der Waals surface area contributed by atoms with E-state index in [0.717, 1.165) is 0 Å². The molecule has 0 radical (unpaired) electrons. The van der Waals surface area contributed by atoms with Gasteiger partial charge in [-0.15, -0.1) is 0 Å². The Hall–Kier alpha value is -2.71. The molecule has 1 amide bonds. The third kappa shape index (κ3) is 5.13. The predicted octanol–water partition coefficient (Wildman–Crippen LogP) is 3.77. The van der Waals surface area contributed by atoms with Crippen molar-refractivity contribution in [3.05, 3.63) is 63.2 Å². The van der Waals surface area contributed by atoms with Gasteiger partial charge in [0.1, 0.15) is 5.75 Å². The van der Waals surface area contributed by atoms with Gasteiger partial charge in [-0.05, 0) is 49.5 Å². The third-order valence-corrected chi connectivity index (χ3v) is 3.60. The van der Waals surface area contributed by atoms with Gasteiger partial charge in [0.15, 0.2) is 5.11 Å². The number of carbonyl (C=O) groups excluding carboxylic acids is 1. The summed E-state index contributed by atoms with van der Waals surface area (Å²) in [6.07, 6.45) is 0. The fourth-order valence-corrected chi connectivity index (χ4v) is 2.29. The van der Waals surface area contributed by atoms with Crippen molar-refractivity contribution in [3.8, 4) is 5.75 Å². The number of nitrogens with zero attached hydrogens (tertiary/aromatic N) is 1. The van der Waals surface area contributed by atoms with Crippen LogP contribution in [0.25, 0.3) is 0 Å². The minimum atomic E-state index is -0.553. The minimum Gasteiger partial charge on any atom is -0.494 e. The molecular weight excluding hydrogens is 366 g/mol. The van der Waals surface area contributed by atoms with Crippen LogP contribution in [-0.2, 0) is 0 Å². The van der Waals surface area contributed by atoms with Gasteiger partial charge in [0.05, 0.1) is 22.2 Å². The van der Waals surface area contributed by atoms with Crippen LogP contribution in [0.15, 0.2) is 42.5 Å². The van der Waals surface area contributed by atoms with Crippen molar-refractivity contribution in [2.24, 2.45) is 0 Å². The monoisotopic (exact) mass is 379 g/mol. The molecule has 0 saturated heterocycles. The lowest BCUT2D eigenvalue weighted by Crippen LogP contribution is -2.34. The quantitative estimate of drug-likeness (QED) is 0.466. The highest BCUT2D eigenvalue weighted by Crippen LogP contribution is 2.26. The van der Waals surface area contributed by atoms with Crippen LogP contribution in [0.4, 0.5) is 11.4 Å². The molecule has 0 aromatic heterocycles. The highest BCUT2D eigenvalue weighted by Gasteiger charge is 2.13. The number of amides is 1. The first-order valence-electron chi connectivity index (χ1n) is 7.20. The Bertz CT molecular complexity index is 812. The molecule has 0 atom stereocenters. The van der Waals surface area contributed by atoms with Crippen molar-refractivity contribution < 1.29 is 14.5 Å². The fourth-order valence-electron chi connectivity index (χ4n) is 1.92. The number of hydrogen-bond acceptors (Lipinski definition) is 5. The molecule has 2 aromatic rings. The lowest BCUT2D eigenvalue weighted by Gasteiger charge is -2.11. The molecule has 0 saturated carbocycles. The molecule has 2 aromatic carbocycles. The number of benzene rings is 2. The van der Waals surface area contributed by atoms with Crippen LogP contribution in [0.3, 0.4) is 0 Å². The van der Waals surface area contributed by atoms with Crippen molar-refractivity contribution in [1.29, 1.82) is 0 Å². The third-order valence-electron chi connectivity index (χ3n) is 3.06. The van der Waals surface area contributed by atoms with Gasteiger partial charge in [0.2, 0.25) is 0 Å². The molecule has 25 heavy (non-hydrogen) atoms. The lowest BCUT2D eigenvalue weighted by atomic mass is 10.2. The first-order valence-corrected chi connectivity index (χ1v) is 7.98. The van der Waals surface area contributed by atoms with E-state index in [1.165, 1.54) is 18.2 Å². The van der Waals surface area contributed by atoms with Gasteiger partial charge in [-0.3, -0.25) is 20.2 Å². The van der Waals surface area contributed by atoms with E-state index in [-0.39, 0.29) is 21.5 Å². The zero-order chi connectivity index (χ0) is 18.4. The SMILES string of the molecule is CCOc1ccc(C(=O)NC(=S)Nc2cc([N+](=O)[O-])ccc2Cl)cc1. The van der Waals surface area contributed by atoms with Gasteiger partial charge in [-0.1, -0.05) is 11.6 Å². The summed E-state index contributed by atoms with van der Waals surface area (Å²) in [5.41, 5.74) is 0.471. The number of nitro benzene ring substituents is 1. The first kappa shape index (κ1) is 18.6. The number of carbonyl (C=O) groups is 1. The molecule has 0 aliphatic heterocycles. The maximum absolute atomic E-state index is 12.2. The molecule has 2 rings (SSSR count). The molecule has 2 N–H and O–H groups in total. The molecule has 0 spiro atoms. The molecular formula is C16H14ClN3O4S. The van der Waals surface area contributed by atoms with Crippen LogP contribution in [0.5, 0.6) is 5.75 Å². The highest BCUT2D eigenvalue weighted by atomic mass is 35.5. The van der Waals surface area contributed by atoms with Gasteiger partial charge < -0.3 is 10.1 Å². The van der Waals surface area contributed by atoms with Crippen LogP contribution < -0.4 is 15.4 Å². The van der Waals surface area contributed by atoms with Gasteiger partial charge in [0, 0.05) is 17.7 Å². The lowest BCUT2D eigenvalue weighted by molar-refractivity contribution is -0.384. The predicted molar refractivity (Wildman–Crippen MR) is 99.4 cm³/mol. The van der Waals surface area contributed by atoms with Crippen molar-refractivity contribution in [1.82, 2.24) is 5.32 Å². The number of non-ortho nitro benzene ring substituents is 1. The van der Waals surface area contributed by atoms with Crippen molar-refractivity contribution in [3.63, 3.8) is 0 Å². The maximum Gasteiger partial charge on any atom is 0.271 e. The van der Waals surface area contributed by atoms with E-state index in [1.807, 2.05) is 6.92 Å². The number of anilines is 1. The van der Waals surface area contributed by atoms with Gasteiger partial charge in [-0.2, -0.15) is 0 Å².